The molecule has 0 saturated carbocycles. The minimum absolute atomic E-state index is 0.0575. The molecule has 0 bridgehead atoms. The van der Waals surface area contributed by atoms with Crippen LogP contribution in [0.15, 0.2) is 78.5 Å². The van der Waals surface area contributed by atoms with Gasteiger partial charge in [0.2, 0.25) is 0 Å². The van der Waals surface area contributed by atoms with Crippen molar-refractivity contribution >= 4 is 22.9 Å². The van der Waals surface area contributed by atoms with Crippen molar-refractivity contribution in [1.82, 2.24) is 14.9 Å². The first-order chi connectivity index (χ1) is 18.0. The van der Waals surface area contributed by atoms with Gasteiger partial charge in [-0.05, 0) is 62.8 Å². The van der Waals surface area contributed by atoms with Crippen LogP contribution in [0, 0.1) is 0 Å². The lowest BCUT2D eigenvalue weighted by Crippen LogP contribution is -2.22. The van der Waals surface area contributed by atoms with E-state index in [1.165, 1.54) is 12.1 Å². The van der Waals surface area contributed by atoms with Gasteiger partial charge in [0.25, 0.3) is 5.91 Å². The molecule has 0 fully saturated rings. The molecule has 0 radical (unpaired) electrons. The monoisotopic (exact) mass is 525 g/mol. The molecule has 0 aliphatic heterocycles. The topological polar surface area (TPSA) is 84.2 Å². The lowest BCUT2D eigenvalue weighted by atomic mass is 10.1. The Kier molecular flexibility index (Phi) is 8.93. The Hall–Kier alpha value is -4.14. The number of unbranched alkanes of at least 4 members (excludes halogenated alkanes) is 1. The zero-order valence-electron chi connectivity index (χ0n) is 21.5. The fourth-order valence-electron chi connectivity index (χ4n) is 3.98. The maximum Gasteiger partial charge on any atom is 0.412 e. The summed E-state index contributed by atoms with van der Waals surface area (Å²) in [5.41, 5.74) is 1.67. The lowest BCUT2D eigenvalue weighted by Gasteiger charge is -2.18. The van der Waals surface area contributed by atoms with Gasteiger partial charge < -0.3 is 15.0 Å². The number of carboxylic acid groups (broad SMARTS) is 1. The molecule has 1 atom stereocenters. The highest BCUT2D eigenvalue weighted by molar-refractivity contribution is 5.97. The van der Waals surface area contributed by atoms with E-state index >= 15 is 0 Å². The number of rotatable bonds is 10. The second-order valence-corrected chi connectivity index (χ2v) is 9.01. The SMILES string of the molecule is C=C/C(=C\C=C(/C)C(F)(F)F)NC(=O)c1cccc(-c2nc3cc(C(=O)O)ccc3n2C(C)CCCC)c1. The number of aromatic carboxylic acids is 1. The number of imidazole rings is 1. The molecule has 1 unspecified atom stereocenters. The van der Waals surface area contributed by atoms with E-state index in [0.29, 0.717) is 16.9 Å². The number of halogens is 3. The zero-order chi connectivity index (χ0) is 28.0. The van der Waals surface area contributed by atoms with E-state index in [4.69, 9.17) is 4.98 Å². The summed E-state index contributed by atoms with van der Waals surface area (Å²) in [6.07, 6.45) is 1.71. The molecule has 38 heavy (non-hydrogen) atoms. The number of carbonyl (C=O) groups excluding carboxylic acids is 1. The molecule has 1 aromatic heterocycles. The number of hydrogen-bond acceptors (Lipinski definition) is 3. The fourth-order valence-corrected chi connectivity index (χ4v) is 3.98. The number of nitrogens with one attached hydrogen (secondary N) is 1. The predicted octanol–water partition coefficient (Wildman–Crippen LogP) is 7.46. The molecule has 200 valence electrons. The average Bonchev–Trinajstić information content (AvgIpc) is 3.27. The van der Waals surface area contributed by atoms with Crippen molar-refractivity contribution in [3.63, 3.8) is 0 Å². The van der Waals surface area contributed by atoms with Crippen molar-refractivity contribution in [2.75, 3.05) is 0 Å². The first kappa shape index (κ1) is 28.4. The molecular formula is C29H30F3N3O3. The number of carbonyl (C=O) groups is 2. The molecule has 1 amide bonds. The zero-order valence-corrected chi connectivity index (χ0v) is 21.5. The first-order valence-electron chi connectivity index (χ1n) is 12.2. The van der Waals surface area contributed by atoms with Crippen molar-refractivity contribution < 1.29 is 27.9 Å². The van der Waals surface area contributed by atoms with Crippen molar-refractivity contribution in [1.29, 1.82) is 0 Å². The average molecular weight is 526 g/mol. The molecule has 2 N–H and O–H groups in total. The van der Waals surface area contributed by atoms with Crippen LogP contribution in [0.25, 0.3) is 22.4 Å². The maximum absolute atomic E-state index is 13.0. The summed E-state index contributed by atoms with van der Waals surface area (Å²) >= 11 is 0. The first-order valence-corrected chi connectivity index (χ1v) is 12.2. The molecule has 0 aliphatic carbocycles. The van der Waals surface area contributed by atoms with Gasteiger partial charge in [0.1, 0.15) is 5.82 Å². The third-order valence-electron chi connectivity index (χ3n) is 6.17. The highest BCUT2D eigenvalue weighted by Crippen LogP contribution is 2.31. The molecule has 1 heterocycles. The van der Waals surface area contributed by atoms with Gasteiger partial charge >= 0.3 is 12.1 Å². The van der Waals surface area contributed by atoms with Crippen molar-refractivity contribution in [3.8, 4) is 11.4 Å². The summed E-state index contributed by atoms with van der Waals surface area (Å²) in [4.78, 5) is 29.2. The van der Waals surface area contributed by atoms with Crippen molar-refractivity contribution in [2.24, 2.45) is 0 Å². The number of alkyl halides is 3. The van der Waals surface area contributed by atoms with E-state index < -0.39 is 23.6 Å². The maximum atomic E-state index is 13.0. The Morgan fingerprint density at radius 3 is 2.53 bits per heavy atom. The summed E-state index contributed by atoms with van der Waals surface area (Å²) in [5.74, 6) is -0.984. The van der Waals surface area contributed by atoms with Gasteiger partial charge in [0.05, 0.1) is 16.6 Å². The van der Waals surface area contributed by atoms with Gasteiger partial charge in [-0.3, -0.25) is 4.79 Å². The second-order valence-electron chi connectivity index (χ2n) is 9.01. The Bertz CT molecular complexity index is 1420. The number of benzene rings is 2. The summed E-state index contributed by atoms with van der Waals surface area (Å²) in [6.45, 7) is 8.68. The molecule has 9 heteroatoms. The van der Waals surface area contributed by atoms with E-state index in [2.05, 4.69) is 25.7 Å². The smallest absolute Gasteiger partial charge is 0.412 e. The van der Waals surface area contributed by atoms with Gasteiger partial charge in [-0.15, -0.1) is 0 Å². The second kappa shape index (κ2) is 11.9. The van der Waals surface area contributed by atoms with Crippen molar-refractivity contribution in [2.45, 2.75) is 52.3 Å². The van der Waals surface area contributed by atoms with Gasteiger partial charge in [-0.25, -0.2) is 9.78 Å². The third-order valence-corrected chi connectivity index (χ3v) is 6.17. The molecule has 2 aromatic carbocycles. The number of fused-ring (bicyclic) bond motifs is 1. The summed E-state index contributed by atoms with van der Waals surface area (Å²) in [5, 5.41) is 12.0. The summed E-state index contributed by atoms with van der Waals surface area (Å²) < 4.78 is 40.4. The third kappa shape index (κ3) is 6.59. The van der Waals surface area contributed by atoms with Crippen LogP contribution >= 0.6 is 0 Å². The molecule has 3 aromatic rings. The lowest BCUT2D eigenvalue weighted by molar-refractivity contribution is -0.0913. The molecule has 0 saturated heterocycles. The van der Waals surface area contributed by atoms with Crippen LogP contribution in [-0.2, 0) is 0 Å². The Morgan fingerprint density at radius 1 is 1.16 bits per heavy atom. The van der Waals surface area contributed by atoms with Gasteiger partial charge in [0, 0.05) is 28.4 Å². The van der Waals surface area contributed by atoms with Crippen LogP contribution in [0.5, 0.6) is 0 Å². The number of hydrogen-bond donors (Lipinski definition) is 2. The van der Waals surface area contributed by atoms with E-state index in [9.17, 15) is 27.9 Å². The van der Waals surface area contributed by atoms with E-state index in [1.807, 2.05) is 4.57 Å². The highest BCUT2D eigenvalue weighted by atomic mass is 19.4. The number of nitrogens with zero attached hydrogens (tertiary/aromatic N) is 2. The Labute approximate surface area is 219 Å². The van der Waals surface area contributed by atoms with Crippen LogP contribution in [0.2, 0.25) is 0 Å². The van der Waals surface area contributed by atoms with Gasteiger partial charge in [-0.1, -0.05) is 44.6 Å². The van der Waals surface area contributed by atoms with E-state index in [-0.39, 0.29) is 22.9 Å². The molecule has 3 rings (SSSR count). The summed E-state index contributed by atoms with van der Waals surface area (Å²) in [7, 11) is 0. The number of aromatic nitrogens is 2. The fraction of sp³-hybridized carbons (Fsp3) is 0.276. The highest BCUT2D eigenvalue weighted by Gasteiger charge is 2.29. The van der Waals surface area contributed by atoms with Crippen LogP contribution in [0.4, 0.5) is 13.2 Å². The van der Waals surface area contributed by atoms with Gasteiger partial charge in [-0.2, -0.15) is 13.2 Å². The number of carboxylic acids is 1. The molecule has 6 nitrogen and oxygen atoms in total. The van der Waals surface area contributed by atoms with Crippen LogP contribution in [-0.4, -0.2) is 32.7 Å². The van der Waals surface area contributed by atoms with Crippen LogP contribution < -0.4 is 5.32 Å². The van der Waals surface area contributed by atoms with E-state index in [0.717, 1.165) is 43.9 Å². The standard InChI is InChI=1S/C29H30F3N3O3/c1-5-7-9-19(4)35-25-15-13-22(28(37)38)17-24(25)34-26(35)20-10-8-11-21(16-20)27(36)33-23(6-2)14-12-18(3)29(30,31)32/h6,8,10-17,19H,2,5,7,9H2,1,3-4H3,(H,33,36)(H,37,38)/b18-12+,23-14+. The summed E-state index contributed by atoms with van der Waals surface area (Å²) in [6, 6.07) is 11.6. The Balaban J connectivity index is 2.01. The van der Waals surface area contributed by atoms with Crippen molar-refractivity contribution in [3.05, 3.63) is 89.7 Å². The molecular weight excluding hydrogens is 495 g/mol. The van der Waals surface area contributed by atoms with Gasteiger partial charge in [0.15, 0.2) is 0 Å². The van der Waals surface area contributed by atoms with Crippen LogP contribution in [0.3, 0.4) is 0 Å². The van der Waals surface area contributed by atoms with Crippen LogP contribution in [0.1, 0.15) is 66.8 Å². The normalized spacial score (nSPS) is 13.4. The number of allylic oxidation sites excluding steroid dienone is 4. The quantitative estimate of drug-likeness (QED) is 0.269. The molecule has 0 spiro atoms. The van der Waals surface area contributed by atoms with E-state index in [1.54, 1.807) is 36.4 Å². The largest absolute Gasteiger partial charge is 0.478 e. The number of amides is 1. The minimum Gasteiger partial charge on any atom is -0.478 e. The molecule has 0 aliphatic rings. The minimum atomic E-state index is -4.47. The Morgan fingerprint density at radius 2 is 1.89 bits per heavy atom. The predicted molar refractivity (Wildman–Crippen MR) is 142 cm³/mol.